The van der Waals surface area contributed by atoms with E-state index in [4.69, 9.17) is 5.11 Å². The summed E-state index contributed by atoms with van der Waals surface area (Å²) in [7, 11) is 1.56. The molecule has 0 saturated carbocycles. The molecule has 2 aromatic rings. The number of aromatic nitrogens is 2. The first kappa shape index (κ1) is 15.6. The van der Waals surface area contributed by atoms with E-state index in [1.54, 1.807) is 37.0 Å². The first-order valence-corrected chi connectivity index (χ1v) is 6.82. The largest absolute Gasteiger partial charge is 0.481 e. The fourth-order valence-corrected chi connectivity index (χ4v) is 1.91. The molecule has 1 atom stereocenters. The van der Waals surface area contributed by atoms with Gasteiger partial charge in [0.1, 0.15) is 0 Å². The van der Waals surface area contributed by atoms with E-state index in [1.807, 2.05) is 24.4 Å². The maximum absolute atomic E-state index is 12.0. The molecule has 0 aliphatic heterocycles. The van der Waals surface area contributed by atoms with E-state index in [-0.39, 0.29) is 12.6 Å². The van der Waals surface area contributed by atoms with E-state index < -0.39 is 11.9 Å². The SMILES string of the molecule is CC(CN(C)C(=O)Nc1ccc(-n2cccn2)cc1)C(=O)O. The van der Waals surface area contributed by atoms with Gasteiger partial charge in [-0.25, -0.2) is 9.48 Å². The molecule has 2 N–H and O–H groups in total. The van der Waals surface area contributed by atoms with Gasteiger partial charge in [-0.3, -0.25) is 4.79 Å². The van der Waals surface area contributed by atoms with Crippen LogP contribution in [0.15, 0.2) is 42.7 Å². The summed E-state index contributed by atoms with van der Waals surface area (Å²) in [6, 6.07) is 8.69. The number of carbonyl (C=O) groups excluding carboxylic acids is 1. The first-order valence-electron chi connectivity index (χ1n) is 6.82. The zero-order valence-electron chi connectivity index (χ0n) is 12.4. The molecule has 7 heteroatoms. The minimum atomic E-state index is -0.928. The molecule has 0 spiro atoms. The van der Waals surface area contributed by atoms with E-state index in [2.05, 4.69) is 10.4 Å². The number of amides is 2. The van der Waals surface area contributed by atoms with Crippen molar-refractivity contribution in [2.24, 2.45) is 5.92 Å². The number of aliphatic carboxylic acids is 1. The summed E-state index contributed by atoms with van der Waals surface area (Å²) in [6.45, 7) is 1.71. The van der Waals surface area contributed by atoms with Gasteiger partial charge in [0.05, 0.1) is 11.6 Å². The second-order valence-corrected chi connectivity index (χ2v) is 5.05. The summed E-state index contributed by atoms with van der Waals surface area (Å²) in [5.74, 6) is -1.54. The van der Waals surface area contributed by atoms with Gasteiger partial charge in [-0.2, -0.15) is 5.10 Å². The highest BCUT2D eigenvalue weighted by molar-refractivity contribution is 5.89. The molecular weight excluding hydrogens is 284 g/mol. The normalized spacial score (nSPS) is 11.7. The average Bonchev–Trinajstić information content (AvgIpc) is 3.02. The highest BCUT2D eigenvalue weighted by Gasteiger charge is 2.17. The maximum Gasteiger partial charge on any atom is 0.321 e. The number of hydrogen-bond donors (Lipinski definition) is 2. The van der Waals surface area contributed by atoms with Crippen molar-refractivity contribution in [3.63, 3.8) is 0 Å². The molecule has 2 rings (SSSR count). The van der Waals surface area contributed by atoms with Gasteiger partial charge in [-0.1, -0.05) is 6.92 Å². The number of carboxylic acids is 1. The number of anilines is 1. The number of benzene rings is 1. The lowest BCUT2D eigenvalue weighted by atomic mass is 10.2. The average molecular weight is 302 g/mol. The van der Waals surface area contributed by atoms with Gasteiger partial charge in [0.15, 0.2) is 0 Å². The predicted octanol–water partition coefficient (Wildman–Crippen LogP) is 2.06. The molecule has 2 amide bonds. The molecule has 0 radical (unpaired) electrons. The summed E-state index contributed by atoms with van der Waals surface area (Å²) in [4.78, 5) is 24.1. The van der Waals surface area contributed by atoms with E-state index in [9.17, 15) is 9.59 Å². The monoisotopic (exact) mass is 302 g/mol. The topological polar surface area (TPSA) is 87.5 Å². The molecule has 0 bridgehead atoms. The molecule has 1 heterocycles. The van der Waals surface area contributed by atoms with Crippen molar-refractivity contribution in [1.29, 1.82) is 0 Å². The minimum Gasteiger partial charge on any atom is -0.481 e. The third-order valence-corrected chi connectivity index (χ3v) is 3.20. The number of carboxylic acid groups (broad SMARTS) is 1. The number of rotatable bonds is 5. The van der Waals surface area contributed by atoms with Gasteiger partial charge in [0, 0.05) is 31.7 Å². The van der Waals surface area contributed by atoms with Crippen LogP contribution in [0.2, 0.25) is 0 Å². The quantitative estimate of drug-likeness (QED) is 0.885. The van der Waals surface area contributed by atoms with Crippen LogP contribution in [-0.4, -0.2) is 45.4 Å². The van der Waals surface area contributed by atoms with Crippen LogP contribution in [0, 0.1) is 5.92 Å². The second kappa shape index (κ2) is 6.75. The second-order valence-electron chi connectivity index (χ2n) is 5.05. The summed E-state index contributed by atoms with van der Waals surface area (Å²) in [6.07, 6.45) is 3.52. The van der Waals surface area contributed by atoms with Crippen LogP contribution in [0.3, 0.4) is 0 Å². The Bertz CT molecular complexity index is 637. The van der Waals surface area contributed by atoms with Gasteiger partial charge >= 0.3 is 12.0 Å². The number of hydrogen-bond acceptors (Lipinski definition) is 3. The Morgan fingerprint density at radius 3 is 2.59 bits per heavy atom. The van der Waals surface area contributed by atoms with Crippen LogP contribution in [0.1, 0.15) is 6.92 Å². The lowest BCUT2D eigenvalue weighted by molar-refractivity contribution is -0.141. The van der Waals surface area contributed by atoms with Gasteiger partial charge in [0.2, 0.25) is 0 Å². The molecule has 22 heavy (non-hydrogen) atoms. The van der Waals surface area contributed by atoms with Crippen molar-refractivity contribution in [3.05, 3.63) is 42.7 Å². The molecular formula is C15H18N4O3. The Labute approximate surface area is 128 Å². The van der Waals surface area contributed by atoms with Crippen LogP contribution in [0.5, 0.6) is 0 Å². The summed E-state index contributed by atoms with van der Waals surface area (Å²) in [5, 5.41) is 15.7. The van der Waals surface area contributed by atoms with Crippen LogP contribution >= 0.6 is 0 Å². The minimum absolute atomic E-state index is 0.145. The number of nitrogens with zero attached hydrogens (tertiary/aromatic N) is 3. The lowest BCUT2D eigenvalue weighted by Gasteiger charge is -2.20. The molecule has 0 fully saturated rings. The summed E-state index contributed by atoms with van der Waals surface area (Å²) in [5.41, 5.74) is 1.52. The lowest BCUT2D eigenvalue weighted by Crippen LogP contribution is -2.36. The van der Waals surface area contributed by atoms with Crippen LogP contribution in [0.4, 0.5) is 10.5 Å². The van der Waals surface area contributed by atoms with Crippen LogP contribution < -0.4 is 5.32 Å². The molecule has 1 unspecified atom stereocenters. The van der Waals surface area contributed by atoms with Crippen molar-refractivity contribution in [2.75, 3.05) is 18.9 Å². The Kier molecular flexibility index (Phi) is 4.77. The van der Waals surface area contributed by atoms with E-state index in [1.165, 1.54) is 4.90 Å². The Morgan fingerprint density at radius 2 is 2.05 bits per heavy atom. The number of carbonyl (C=O) groups is 2. The predicted molar refractivity (Wildman–Crippen MR) is 82.0 cm³/mol. The van der Waals surface area contributed by atoms with Crippen molar-refractivity contribution in [2.45, 2.75) is 6.92 Å². The van der Waals surface area contributed by atoms with Crippen molar-refractivity contribution in [3.8, 4) is 5.69 Å². The third kappa shape index (κ3) is 3.85. The molecule has 0 aliphatic rings. The Hall–Kier alpha value is -2.83. The number of urea groups is 1. The van der Waals surface area contributed by atoms with Crippen molar-refractivity contribution in [1.82, 2.24) is 14.7 Å². The maximum atomic E-state index is 12.0. The van der Waals surface area contributed by atoms with Gasteiger partial charge in [-0.05, 0) is 30.3 Å². The van der Waals surface area contributed by atoms with Crippen molar-refractivity contribution >= 4 is 17.7 Å². The Morgan fingerprint density at radius 1 is 1.36 bits per heavy atom. The van der Waals surface area contributed by atoms with Gasteiger partial charge < -0.3 is 15.3 Å². The molecule has 1 aromatic heterocycles. The van der Waals surface area contributed by atoms with E-state index in [0.717, 1.165) is 5.69 Å². The van der Waals surface area contributed by atoms with Crippen LogP contribution in [-0.2, 0) is 4.79 Å². The molecule has 0 saturated heterocycles. The molecule has 7 nitrogen and oxygen atoms in total. The van der Waals surface area contributed by atoms with Gasteiger partial charge in [0.25, 0.3) is 0 Å². The molecule has 116 valence electrons. The zero-order valence-corrected chi connectivity index (χ0v) is 12.4. The number of nitrogens with one attached hydrogen (secondary N) is 1. The van der Waals surface area contributed by atoms with E-state index in [0.29, 0.717) is 5.69 Å². The third-order valence-electron chi connectivity index (χ3n) is 3.20. The van der Waals surface area contributed by atoms with Gasteiger partial charge in [-0.15, -0.1) is 0 Å². The summed E-state index contributed by atoms with van der Waals surface area (Å²) >= 11 is 0. The molecule has 1 aromatic carbocycles. The van der Waals surface area contributed by atoms with Crippen molar-refractivity contribution < 1.29 is 14.7 Å². The smallest absolute Gasteiger partial charge is 0.321 e. The highest BCUT2D eigenvalue weighted by Crippen LogP contribution is 2.13. The fourth-order valence-electron chi connectivity index (χ4n) is 1.91. The molecule has 0 aliphatic carbocycles. The zero-order chi connectivity index (χ0) is 16.1. The van der Waals surface area contributed by atoms with E-state index >= 15 is 0 Å². The highest BCUT2D eigenvalue weighted by atomic mass is 16.4. The van der Waals surface area contributed by atoms with Crippen LogP contribution in [0.25, 0.3) is 5.69 Å². The fraction of sp³-hybridized carbons (Fsp3) is 0.267. The first-order chi connectivity index (χ1) is 10.5. The summed E-state index contributed by atoms with van der Waals surface area (Å²) < 4.78 is 1.71. The standard InChI is InChI=1S/C15H18N4O3/c1-11(14(20)21)10-18(2)15(22)17-12-4-6-13(7-5-12)19-9-3-8-16-19/h3-9,11H,10H2,1-2H3,(H,17,22)(H,20,21). The Balaban J connectivity index is 1.95.